The molecule has 1 rings (SSSR count). The van der Waals surface area contributed by atoms with Crippen LogP contribution in [0.3, 0.4) is 0 Å². The van der Waals surface area contributed by atoms with Crippen molar-refractivity contribution in [3.63, 3.8) is 0 Å². The molecule has 1 heterocycles. The van der Waals surface area contributed by atoms with Gasteiger partial charge in [-0.05, 0) is 6.42 Å². The molecule has 1 aliphatic heterocycles. The van der Waals surface area contributed by atoms with E-state index >= 15 is 0 Å². The van der Waals surface area contributed by atoms with E-state index in [1.165, 1.54) is 25.7 Å². The highest BCUT2D eigenvalue weighted by molar-refractivity contribution is 4.90. The van der Waals surface area contributed by atoms with E-state index in [0.29, 0.717) is 6.61 Å². The van der Waals surface area contributed by atoms with Crippen LogP contribution in [-0.2, 0) is 9.47 Å². The summed E-state index contributed by atoms with van der Waals surface area (Å²) in [7, 11) is 0. The number of unbranched alkanes of at least 4 members (excludes halogenated alkanes) is 5. The average molecular weight is 292 g/mol. The number of aliphatic hydroxyl groups is 4. The van der Waals surface area contributed by atoms with Crippen molar-refractivity contribution in [2.75, 3.05) is 13.2 Å². The lowest BCUT2D eigenvalue weighted by Gasteiger charge is -2.18. The first-order valence-electron chi connectivity index (χ1n) is 7.54. The highest BCUT2D eigenvalue weighted by Gasteiger charge is 2.46. The minimum Gasteiger partial charge on any atom is -0.394 e. The van der Waals surface area contributed by atoms with Crippen molar-refractivity contribution in [1.82, 2.24) is 0 Å². The molecule has 4 N–H and O–H groups in total. The third kappa shape index (κ3) is 5.27. The number of hydrogen-bond acceptors (Lipinski definition) is 6. The Morgan fingerprint density at radius 2 is 1.70 bits per heavy atom. The van der Waals surface area contributed by atoms with Crippen molar-refractivity contribution in [3.05, 3.63) is 0 Å². The third-order valence-electron chi connectivity index (χ3n) is 3.60. The molecule has 0 aromatic rings. The first kappa shape index (κ1) is 17.8. The van der Waals surface area contributed by atoms with Crippen LogP contribution in [0.2, 0.25) is 0 Å². The summed E-state index contributed by atoms with van der Waals surface area (Å²) in [6.45, 7) is 2.09. The van der Waals surface area contributed by atoms with Crippen molar-refractivity contribution in [1.29, 1.82) is 0 Å². The van der Waals surface area contributed by atoms with E-state index in [0.717, 1.165) is 12.8 Å². The molecule has 5 atom stereocenters. The van der Waals surface area contributed by atoms with Crippen molar-refractivity contribution in [2.24, 2.45) is 0 Å². The Kier molecular flexibility index (Phi) is 8.60. The fourth-order valence-corrected chi connectivity index (χ4v) is 2.31. The highest BCUT2D eigenvalue weighted by atomic mass is 16.7. The van der Waals surface area contributed by atoms with Gasteiger partial charge in [0.1, 0.15) is 24.4 Å². The monoisotopic (exact) mass is 292 g/mol. The molecule has 120 valence electrons. The number of rotatable bonds is 10. The van der Waals surface area contributed by atoms with Gasteiger partial charge in [-0.3, -0.25) is 0 Å². The maximum absolute atomic E-state index is 9.75. The van der Waals surface area contributed by atoms with Crippen molar-refractivity contribution in [3.8, 4) is 0 Å². The maximum Gasteiger partial charge on any atom is 0.186 e. The zero-order valence-electron chi connectivity index (χ0n) is 12.1. The molecule has 1 aliphatic rings. The van der Waals surface area contributed by atoms with E-state index in [-0.39, 0.29) is 0 Å². The van der Waals surface area contributed by atoms with Gasteiger partial charge in [-0.25, -0.2) is 0 Å². The molecule has 0 aromatic heterocycles. The number of hydrogen-bond donors (Lipinski definition) is 4. The molecule has 0 saturated carbocycles. The standard InChI is InChI=1S/C14H28O6/c1-2-3-4-5-6-7-8-19-14-12(18)11(17)13(20-14)10(16)9-15/h10-18H,2-9H2,1H3/t10-,11-,12+,13-,14?/m1/s1. The molecule has 0 spiro atoms. The van der Waals surface area contributed by atoms with Gasteiger partial charge in [-0.1, -0.05) is 39.0 Å². The van der Waals surface area contributed by atoms with Crippen molar-refractivity contribution >= 4 is 0 Å². The molecule has 0 bridgehead atoms. The van der Waals surface area contributed by atoms with E-state index in [1.54, 1.807) is 0 Å². The van der Waals surface area contributed by atoms with Gasteiger partial charge < -0.3 is 29.9 Å². The molecular weight excluding hydrogens is 264 g/mol. The van der Waals surface area contributed by atoms with Crippen LogP contribution in [0.15, 0.2) is 0 Å². The third-order valence-corrected chi connectivity index (χ3v) is 3.60. The molecule has 0 aromatic carbocycles. The first-order chi connectivity index (χ1) is 9.61. The smallest absolute Gasteiger partial charge is 0.186 e. The number of ether oxygens (including phenoxy) is 2. The predicted molar refractivity (Wildman–Crippen MR) is 73.1 cm³/mol. The molecule has 6 nitrogen and oxygen atoms in total. The fraction of sp³-hybridized carbons (Fsp3) is 1.00. The van der Waals surface area contributed by atoms with Crippen LogP contribution in [0, 0.1) is 0 Å². The lowest BCUT2D eigenvalue weighted by Crippen LogP contribution is -2.40. The van der Waals surface area contributed by atoms with Gasteiger partial charge in [0.05, 0.1) is 6.61 Å². The zero-order chi connectivity index (χ0) is 15.0. The molecule has 1 fully saturated rings. The van der Waals surface area contributed by atoms with Gasteiger partial charge >= 0.3 is 0 Å². The summed E-state index contributed by atoms with van der Waals surface area (Å²) in [5.41, 5.74) is 0. The van der Waals surface area contributed by atoms with Gasteiger partial charge in [0, 0.05) is 6.61 Å². The molecule has 0 aliphatic carbocycles. The SMILES string of the molecule is CCCCCCCCOC1O[C@H]([C@H](O)CO)[C@H](O)[C@@H]1O. The molecule has 0 amide bonds. The number of aliphatic hydroxyl groups excluding tert-OH is 4. The van der Waals surface area contributed by atoms with E-state index < -0.39 is 37.3 Å². The van der Waals surface area contributed by atoms with Crippen LogP contribution in [0.5, 0.6) is 0 Å². The van der Waals surface area contributed by atoms with E-state index in [2.05, 4.69) is 6.92 Å². The summed E-state index contributed by atoms with van der Waals surface area (Å²) in [5, 5.41) is 37.7. The zero-order valence-corrected chi connectivity index (χ0v) is 12.1. The molecular formula is C14H28O6. The van der Waals surface area contributed by atoms with E-state index in [9.17, 15) is 15.3 Å². The molecule has 1 saturated heterocycles. The predicted octanol–water partition coefficient (Wildman–Crippen LogP) is 0.163. The normalized spacial score (nSPS) is 31.6. The highest BCUT2D eigenvalue weighted by Crippen LogP contribution is 2.24. The van der Waals surface area contributed by atoms with Gasteiger partial charge in [0.25, 0.3) is 0 Å². The lowest BCUT2D eigenvalue weighted by atomic mass is 10.1. The maximum atomic E-state index is 9.75. The summed E-state index contributed by atoms with van der Waals surface area (Å²) in [4.78, 5) is 0. The van der Waals surface area contributed by atoms with Crippen LogP contribution in [0.1, 0.15) is 45.4 Å². The summed E-state index contributed by atoms with van der Waals surface area (Å²) in [6.07, 6.45) is 1.19. The summed E-state index contributed by atoms with van der Waals surface area (Å²) < 4.78 is 10.6. The molecule has 0 radical (unpaired) electrons. The first-order valence-corrected chi connectivity index (χ1v) is 7.54. The van der Waals surface area contributed by atoms with Gasteiger partial charge in [0.15, 0.2) is 6.29 Å². The van der Waals surface area contributed by atoms with Crippen LogP contribution in [-0.4, -0.2) is 64.3 Å². The average Bonchev–Trinajstić information content (AvgIpc) is 2.74. The van der Waals surface area contributed by atoms with Crippen LogP contribution in [0.4, 0.5) is 0 Å². The summed E-state index contributed by atoms with van der Waals surface area (Å²) >= 11 is 0. The van der Waals surface area contributed by atoms with Gasteiger partial charge in [0.2, 0.25) is 0 Å². The Hall–Kier alpha value is -0.240. The Labute approximate surface area is 120 Å². The minimum absolute atomic E-state index is 0.447. The van der Waals surface area contributed by atoms with Crippen molar-refractivity contribution < 1.29 is 29.9 Å². The lowest BCUT2D eigenvalue weighted by molar-refractivity contribution is -0.181. The minimum atomic E-state index is -1.24. The second kappa shape index (κ2) is 9.65. The van der Waals surface area contributed by atoms with Crippen LogP contribution in [0.25, 0.3) is 0 Å². The van der Waals surface area contributed by atoms with Crippen molar-refractivity contribution in [2.45, 2.75) is 76.2 Å². The molecule has 20 heavy (non-hydrogen) atoms. The molecule has 6 heteroatoms. The summed E-state index contributed by atoms with van der Waals surface area (Å²) in [5.74, 6) is 0. The van der Waals surface area contributed by atoms with E-state index in [1.807, 2.05) is 0 Å². The Bertz CT molecular complexity index is 250. The van der Waals surface area contributed by atoms with Gasteiger partial charge in [-0.15, -0.1) is 0 Å². The molecule has 1 unspecified atom stereocenters. The van der Waals surface area contributed by atoms with Crippen LogP contribution >= 0.6 is 0 Å². The van der Waals surface area contributed by atoms with Crippen LogP contribution < -0.4 is 0 Å². The topological polar surface area (TPSA) is 99.4 Å². The van der Waals surface area contributed by atoms with Gasteiger partial charge in [-0.2, -0.15) is 0 Å². The quantitative estimate of drug-likeness (QED) is 0.428. The largest absolute Gasteiger partial charge is 0.394 e. The fourth-order valence-electron chi connectivity index (χ4n) is 2.31. The second-order valence-corrected chi connectivity index (χ2v) is 5.34. The Morgan fingerprint density at radius 1 is 1.05 bits per heavy atom. The van der Waals surface area contributed by atoms with E-state index in [4.69, 9.17) is 14.6 Å². The Morgan fingerprint density at radius 3 is 2.35 bits per heavy atom. The second-order valence-electron chi connectivity index (χ2n) is 5.34. The Balaban J connectivity index is 2.17. The summed E-state index contributed by atoms with van der Waals surface area (Å²) in [6, 6.07) is 0.